The molecule has 0 aromatic heterocycles. The summed E-state index contributed by atoms with van der Waals surface area (Å²) < 4.78 is 14.4. The second kappa shape index (κ2) is 5.36. The molecule has 2 aromatic carbocycles. The van der Waals surface area contributed by atoms with Crippen LogP contribution in [0.3, 0.4) is 0 Å². The summed E-state index contributed by atoms with van der Waals surface area (Å²) in [7, 11) is 0. The highest BCUT2D eigenvalue weighted by Gasteiger charge is 2.40. The standard InChI is InChI=1S/C21H24FN/c1-21(2,22)15-11-12-19-18(13-15)16-9-6-10-17(16)20(23-19)14-7-4-3-5-8-14/h3-5,7-8,11-13,16-17,20,23H,6,9-10H2,1-2H3. The zero-order valence-corrected chi connectivity index (χ0v) is 13.9. The van der Waals surface area contributed by atoms with E-state index in [0.717, 1.165) is 5.56 Å². The van der Waals surface area contributed by atoms with Crippen LogP contribution in [0.2, 0.25) is 0 Å². The van der Waals surface area contributed by atoms with Crippen LogP contribution in [0.1, 0.15) is 61.8 Å². The SMILES string of the molecule is CC(C)(F)c1ccc2c(c1)C1CCCC1C(c1ccccc1)N2. The molecule has 2 heteroatoms. The number of hydrogen-bond donors (Lipinski definition) is 1. The Balaban J connectivity index is 1.77. The fourth-order valence-corrected chi connectivity index (χ4v) is 4.41. The number of rotatable bonds is 2. The zero-order chi connectivity index (χ0) is 16.0. The fourth-order valence-electron chi connectivity index (χ4n) is 4.41. The van der Waals surface area contributed by atoms with Crippen LogP contribution < -0.4 is 5.32 Å². The van der Waals surface area contributed by atoms with Gasteiger partial charge in [-0.1, -0.05) is 48.9 Å². The maximum atomic E-state index is 14.4. The summed E-state index contributed by atoms with van der Waals surface area (Å²) in [6.07, 6.45) is 3.74. The Morgan fingerprint density at radius 1 is 1.04 bits per heavy atom. The summed E-state index contributed by atoms with van der Waals surface area (Å²) in [5.74, 6) is 1.17. The third-order valence-electron chi connectivity index (χ3n) is 5.60. The number of nitrogens with one attached hydrogen (secondary N) is 1. The topological polar surface area (TPSA) is 12.0 Å². The molecule has 23 heavy (non-hydrogen) atoms. The quantitative estimate of drug-likeness (QED) is 0.723. The van der Waals surface area contributed by atoms with Crippen molar-refractivity contribution in [2.45, 2.75) is 50.7 Å². The minimum absolute atomic E-state index is 0.375. The van der Waals surface area contributed by atoms with Crippen LogP contribution in [0.5, 0.6) is 0 Å². The molecule has 120 valence electrons. The summed E-state index contributed by atoms with van der Waals surface area (Å²) in [6, 6.07) is 17.2. The van der Waals surface area contributed by atoms with Gasteiger partial charge in [-0.15, -0.1) is 0 Å². The second-order valence-electron chi connectivity index (χ2n) is 7.51. The first-order chi connectivity index (χ1) is 11.0. The van der Waals surface area contributed by atoms with Crippen LogP contribution >= 0.6 is 0 Å². The van der Waals surface area contributed by atoms with Crippen LogP contribution in [0, 0.1) is 5.92 Å². The molecule has 1 aliphatic carbocycles. The molecule has 2 aliphatic rings. The molecule has 3 atom stereocenters. The first kappa shape index (κ1) is 14.7. The molecule has 0 bridgehead atoms. The van der Waals surface area contributed by atoms with Gasteiger partial charge in [-0.25, -0.2) is 4.39 Å². The Morgan fingerprint density at radius 3 is 2.57 bits per heavy atom. The van der Waals surface area contributed by atoms with E-state index in [2.05, 4.69) is 47.8 Å². The molecule has 1 nitrogen and oxygen atoms in total. The Kier molecular flexibility index (Phi) is 3.44. The first-order valence-corrected chi connectivity index (χ1v) is 8.69. The lowest BCUT2D eigenvalue weighted by Gasteiger charge is -2.38. The third-order valence-corrected chi connectivity index (χ3v) is 5.60. The van der Waals surface area contributed by atoms with E-state index in [1.165, 1.54) is 36.1 Å². The molecule has 1 saturated carbocycles. The van der Waals surface area contributed by atoms with Gasteiger partial charge in [0.15, 0.2) is 0 Å². The van der Waals surface area contributed by atoms with E-state index >= 15 is 0 Å². The summed E-state index contributed by atoms with van der Waals surface area (Å²) in [6.45, 7) is 3.29. The van der Waals surface area contributed by atoms with Crippen molar-refractivity contribution in [3.8, 4) is 0 Å². The average molecular weight is 309 g/mol. The highest BCUT2D eigenvalue weighted by atomic mass is 19.1. The number of hydrogen-bond acceptors (Lipinski definition) is 1. The number of halogens is 1. The van der Waals surface area contributed by atoms with Crippen molar-refractivity contribution in [1.29, 1.82) is 0 Å². The molecule has 0 amide bonds. The molecule has 1 fully saturated rings. The van der Waals surface area contributed by atoms with E-state index in [1.54, 1.807) is 13.8 Å². The molecular weight excluding hydrogens is 285 g/mol. The minimum atomic E-state index is -1.28. The second-order valence-corrected chi connectivity index (χ2v) is 7.51. The summed E-state index contributed by atoms with van der Waals surface area (Å²) in [5, 5.41) is 3.74. The highest BCUT2D eigenvalue weighted by Crippen LogP contribution is 2.53. The van der Waals surface area contributed by atoms with Crippen LogP contribution in [-0.2, 0) is 5.67 Å². The molecular formula is C21H24FN. The predicted octanol–water partition coefficient (Wildman–Crippen LogP) is 5.94. The fraction of sp³-hybridized carbons (Fsp3) is 0.429. The van der Waals surface area contributed by atoms with E-state index in [4.69, 9.17) is 0 Å². The molecule has 1 N–H and O–H groups in total. The van der Waals surface area contributed by atoms with Gasteiger partial charge in [0.2, 0.25) is 0 Å². The van der Waals surface area contributed by atoms with Gasteiger partial charge in [-0.2, -0.15) is 0 Å². The smallest absolute Gasteiger partial charge is 0.130 e. The van der Waals surface area contributed by atoms with Gasteiger partial charge in [0.05, 0.1) is 6.04 Å². The highest BCUT2D eigenvalue weighted by molar-refractivity contribution is 5.59. The maximum Gasteiger partial charge on any atom is 0.130 e. The molecule has 0 spiro atoms. The van der Waals surface area contributed by atoms with Crippen LogP contribution in [0.25, 0.3) is 0 Å². The molecule has 2 aromatic rings. The van der Waals surface area contributed by atoms with Gasteiger partial charge in [-0.3, -0.25) is 0 Å². The van der Waals surface area contributed by atoms with Crippen molar-refractivity contribution in [3.05, 3.63) is 65.2 Å². The number of fused-ring (bicyclic) bond motifs is 3. The lowest BCUT2D eigenvalue weighted by molar-refractivity contribution is 0.221. The molecule has 0 saturated heterocycles. The van der Waals surface area contributed by atoms with Crippen LogP contribution in [0.4, 0.5) is 10.1 Å². The lowest BCUT2D eigenvalue weighted by Crippen LogP contribution is -2.29. The van der Waals surface area contributed by atoms with Crippen molar-refractivity contribution < 1.29 is 4.39 Å². The average Bonchev–Trinajstić information content (AvgIpc) is 3.03. The van der Waals surface area contributed by atoms with Gasteiger partial charge >= 0.3 is 0 Å². The number of benzene rings is 2. The van der Waals surface area contributed by atoms with Crippen molar-refractivity contribution in [3.63, 3.8) is 0 Å². The van der Waals surface area contributed by atoms with Crippen molar-refractivity contribution in [2.24, 2.45) is 5.92 Å². The zero-order valence-electron chi connectivity index (χ0n) is 13.9. The summed E-state index contributed by atoms with van der Waals surface area (Å²) >= 11 is 0. The van der Waals surface area contributed by atoms with Crippen molar-refractivity contribution in [2.75, 3.05) is 5.32 Å². The predicted molar refractivity (Wildman–Crippen MR) is 93.5 cm³/mol. The minimum Gasteiger partial charge on any atom is -0.378 e. The largest absolute Gasteiger partial charge is 0.378 e. The summed E-state index contributed by atoms with van der Waals surface area (Å²) in [5.41, 5.74) is 3.39. The van der Waals surface area contributed by atoms with E-state index in [0.29, 0.717) is 17.9 Å². The van der Waals surface area contributed by atoms with Gasteiger partial charge < -0.3 is 5.32 Å². The Hall–Kier alpha value is -1.83. The Bertz CT molecular complexity index is 702. The van der Waals surface area contributed by atoms with Gasteiger partial charge in [0, 0.05) is 5.69 Å². The van der Waals surface area contributed by atoms with E-state index < -0.39 is 5.67 Å². The molecule has 4 rings (SSSR count). The van der Waals surface area contributed by atoms with Crippen LogP contribution in [0.15, 0.2) is 48.5 Å². The van der Waals surface area contributed by atoms with Gasteiger partial charge in [-0.05, 0) is 61.3 Å². The van der Waals surface area contributed by atoms with E-state index in [9.17, 15) is 4.39 Å². The number of anilines is 1. The monoisotopic (exact) mass is 309 g/mol. The Labute approximate surface area is 137 Å². The first-order valence-electron chi connectivity index (χ1n) is 8.69. The third kappa shape index (κ3) is 2.54. The summed E-state index contributed by atoms with van der Waals surface area (Å²) in [4.78, 5) is 0. The Morgan fingerprint density at radius 2 is 1.83 bits per heavy atom. The molecule has 1 aliphatic heterocycles. The van der Waals surface area contributed by atoms with Gasteiger partial charge in [0.25, 0.3) is 0 Å². The maximum absolute atomic E-state index is 14.4. The van der Waals surface area contributed by atoms with Crippen molar-refractivity contribution >= 4 is 5.69 Å². The van der Waals surface area contributed by atoms with E-state index in [-0.39, 0.29) is 0 Å². The molecule has 0 radical (unpaired) electrons. The molecule has 1 heterocycles. The van der Waals surface area contributed by atoms with Crippen LogP contribution in [-0.4, -0.2) is 0 Å². The molecule has 3 unspecified atom stereocenters. The van der Waals surface area contributed by atoms with E-state index in [1.807, 2.05) is 6.07 Å². The number of alkyl halides is 1. The van der Waals surface area contributed by atoms with Gasteiger partial charge in [0.1, 0.15) is 5.67 Å². The normalized spacial score (nSPS) is 26.3. The lowest BCUT2D eigenvalue weighted by atomic mass is 9.76. The van der Waals surface area contributed by atoms with Crippen molar-refractivity contribution in [1.82, 2.24) is 0 Å².